The standard InChI is InChI=1S/C15H17FN4O4S/c1-20(5-6-21)15(23)24-12-9-25-14(18-12)19-13(22)17-8-10-3-2-4-11(16)7-10/h2-4,7,9,21H,5-6,8H2,1H3,(H2,17,18,19,22). The van der Waals surface area contributed by atoms with Crippen LogP contribution in [0.5, 0.6) is 5.88 Å². The molecule has 0 fully saturated rings. The van der Waals surface area contributed by atoms with Crippen LogP contribution in [0.15, 0.2) is 29.6 Å². The average Bonchev–Trinajstić information content (AvgIpc) is 3.00. The number of hydrogen-bond donors (Lipinski definition) is 3. The molecule has 1 aromatic heterocycles. The van der Waals surface area contributed by atoms with Gasteiger partial charge in [-0.1, -0.05) is 12.1 Å². The molecule has 10 heteroatoms. The molecule has 0 unspecified atom stereocenters. The van der Waals surface area contributed by atoms with E-state index >= 15 is 0 Å². The van der Waals surface area contributed by atoms with Crippen LogP contribution in [0.2, 0.25) is 0 Å². The minimum atomic E-state index is -0.665. The first-order valence-electron chi connectivity index (χ1n) is 7.26. The van der Waals surface area contributed by atoms with Crippen LogP contribution in [0.25, 0.3) is 0 Å². The van der Waals surface area contributed by atoms with E-state index in [4.69, 9.17) is 9.84 Å². The van der Waals surface area contributed by atoms with Gasteiger partial charge in [0.25, 0.3) is 0 Å². The minimum Gasteiger partial charge on any atom is -0.395 e. The number of ether oxygens (including phenoxy) is 1. The smallest absolute Gasteiger partial charge is 0.395 e. The molecule has 0 radical (unpaired) electrons. The highest BCUT2D eigenvalue weighted by atomic mass is 32.1. The lowest BCUT2D eigenvalue weighted by Gasteiger charge is -2.13. The van der Waals surface area contributed by atoms with E-state index in [9.17, 15) is 14.0 Å². The van der Waals surface area contributed by atoms with Crippen molar-refractivity contribution in [1.82, 2.24) is 15.2 Å². The van der Waals surface area contributed by atoms with Crippen LogP contribution in [-0.2, 0) is 6.54 Å². The number of aliphatic hydroxyl groups is 1. The third-order valence-corrected chi connectivity index (χ3v) is 3.72. The molecule has 0 aliphatic rings. The molecule has 8 nitrogen and oxygen atoms in total. The van der Waals surface area contributed by atoms with Gasteiger partial charge in [-0.2, -0.15) is 4.98 Å². The first-order valence-corrected chi connectivity index (χ1v) is 8.14. The lowest BCUT2D eigenvalue weighted by atomic mass is 10.2. The summed E-state index contributed by atoms with van der Waals surface area (Å²) < 4.78 is 18.1. The summed E-state index contributed by atoms with van der Waals surface area (Å²) in [4.78, 5) is 28.6. The van der Waals surface area contributed by atoms with E-state index in [1.165, 1.54) is 29.5 Å². The molecule has 3 N–H and O–H groups in total. The van der Waals surface area contributed by atoms with Gasteiger partial charge >= 0.3 is 12.1 Å². The highest BCUT2D eigenvalue weighted by molar-refractivity contribution is 7.14. The predicted molar refractivity (Wildman–Crippen MR) is 90.1 cm³/mol. The summed E-state index contributed by atoms with van der Waals surface area (Å²) in [6, 6.07) is 5.37. The van der Waals surface area contributed by atoms with Crippen molar-refractivity contribution in [3.8, 4) is 5.88 Å². The second kappa shape index (κ2) is 8.94. The normalized spacial score (nSPS) is 10.2. The average molecular weight is 368 g/mol. The fraction of sp³-hybridized carbons (Fsp3) is 0.267. The zero-order valence-electron chi connectivity index (χ0n) is 13.4. The maximum Gasteiger partial charge on any atom is 0.416 e. The van der Waals surface area contributed by atoms with Crippen molar-refractivity contribution in [2.75, 3.05) is 25.5 Å². The largest absolute Gasteiger partial charge is 0.416 e. The monoisotopic (exact) mass is 368 g/mol. The Balaban J connectivity index is 1.81. The van der Waals surface area contributed by atoms with Crippen molar-refractivity contribution in [1.29, 1.82) is 0 Å². The number of thiazole rings is 1. The number of nitrogens with one attached hydrogen (secondary N) is 2. The van der Waals surface area contributed by atoms with Gasteiger partial charge in [-0.15, -0.1) is 11.3 Å². The maximum absolute atomic E-state index is 13.1. The number of urea groups is 1. The molecule has 25 heavy (non-hydrogen) atoms. The van der Waals surface area contributed by atoms with Crippen LogP contribution in [0.4, 0.5) is 19.1 Å². The predicted octanol–water partition coefficient (Wildman–Crippen LogP) is 2.03. The molecule has 0 saturated carbocycles. The highest BCUT2D eigenvalue weighted by Crippen LogP contribution is 2.21. The fourth-order valence-electron chi connectivity index (χ4n) is 1.74. The van der Waals surface area contributed by atoms with Crippen molar-refractivity contribution in [3.63, 3.8) is 0 Å². The molecular weight excluding hydrogens is 351 g/mol. The number of likely N-dealkylation sites (N-methyl/N-ethyl adjacent to an activating group) is 1. The summed E-state index contributed by atoms with van der Waals surface area (Å²) in [5, 5.41) is 15.5. The van der Waals surface area contributed by atoms with Crippen LogP contribution in [-0.4, -0.2) is 47.3 Å². The SMILES string of the molecule is CN(CCO)C(=O)Oc1csc(NC(=O)NCc2cccc(F)c2)n1. The van der Waals surface area contributed by atoms with E-state index in [1.807, 2.05) is 0 Å². The Bertz CT molecular complexity index is 740. The van der Waals surface area contributed by atoms with Crippen LogP contribution in [0, 0.1) is 5.82 Å². The zero-order valence-corrected chi connectivity index (χ0v) is 14.2. The second-order valence-electron chi connectivity index (χ2n) is 4.94. The lowest BCUT2D eigenvalue weighted by molar-refractivity contribution is 0.149. The number of aliphatic hydroxyl groups excluding tert-OH is 1. The summed E-state index contributed by atoms with van der Waals surface area (Å²) in [6.45, 7) is 0.111. The van der Waals surface area contributed by atoms with Crippen LogP contribution in [0.1, 0.15) is 5.56 Å². The van der Waals surface area contributed by atoms with Crippen LogP contribution in [0.3, 0.4) is 0 Å². The Morgan fingerprint density at radius 1 is 1.44 bits per heavy atom. The number of amides is 3. The number of nitrogens with zero attached hydrogens (tertiary/aromatic N) is 2. The number of hydrogen-bond acceptors (Lipinski definition) is 6. The molecule has 1 aromatic carbocycles. The Labute approximate surface area is 147 Å². The second-order valence-corrected chi connectivity index (χ2v) is 5.80. The number of rotatable bonds is 6. The number of aromatic nitrogens is 1. The van der Waals surface area contributed by atoms with Crippen molar-refractivity contribution in [2.45, 2.75) is 6.54 Å². The molecule has 0 aliphatic carbocycles. The van der Waals surface area contributed by atoms with Crippen LogP contribution >= 0.6 is 11.3 Å². The molecule has 2 aromatic rings. The molecule has 0 atom stereocenters. The third kappa shape index (κ3) is 6.01. The first-order chi connectivity index (χ1) is 12.0. The quantitative estimate of drug-likeness (QED) is 0.724. The lowest BCUT2D eigenvalue weighted by Crippen LogP contribution is -2.32. The Kier molecular flexibility index (Phi) is 6.66. The molecule has 2 rings (SSSR count). The van der Waals surface area contributed by atoms with Gasteiger partial charge in [-0.3, -0.25) is 5.32 Å². The first kappa shape index (κ1) is 18.6. The maximum atomic E-state index is 13.1. The van der Waals surface area contributed by atoms with Crippen molar-refractivity contribution in [2.24, 2.45) is 0 Å². The molecular formula is C15H17FN4O4S. The molecule has 0 aliphatic heterocycles. The van der Waals surface area contributed by atoms with E-state index < -0.39 is 12.1 Å². The number of halogens is 1. The molecule has 134 valence electrons. The summed E-state index contributed by atoms with van der Waals surface area (Å²) in [5.74, 6) is -0.336. The van der Waals surface area contributed by atoms with Gasteiger partial charge in [0, 0.05) is 20.1 Å². The topological polar surface area (TPSA) is 104 Å². The van der Waals surface area contributed by atoms with Gasteiger partial charge in [-0.25, -0.2) is 14.0 Å². The Morgan fingerprint density at radius 2 is 2.24 bits per heavy atom. The van der Waals surface area contributed by atoms with E-state index in [0.717, 1.165) is 11.3 Å². The highest BCUT2D eigenvalue weighted by Gasteiger charge is 2.14. The summed E-state index contributed by atoms with van der Waals surface area (Å²) in [6.07, 6.45) is -0.665. The number of anilines is 1. The summed E-state index contributed by atoms with van der Waals surface area (Å²) in [5.41, 5.74) is 0.621. The Hall–Kier alpha value is -2.72. The van der Waals surface area contributed by atoms with Crippen LogP contribution < -0.4 is 15.4 Å². The van der Waals surface area contributed by atoms with E-state index in [0.29, 0.717) is 5.56 Å². The van der Waals surface area contributed by atoms with Gasteiger partial charge in [0.2, 0.25) is 5.88 Å². The molecule has 3 amide bonds. The molecule has 1 heterocycles. The third-order valence-electron chi connectivity index (χ3n) is 2.98. The number of carbonyl (C=O) groups is 2. The summed E-state index contributed by atoms with van der Waals surface area (Å²) in [7, 11) is 1.48. The van der Waals surface area contributed by atoms with Gasteiger partial charge in [0.05, 0.1) is 12.0 Å². The van der Waals surface area contributed by atoms with Gasteiger partial charge in [0.1, 0.15) is 5.82 Å². The van der Waals surface area contributed by atoms with Crippen molar-refractivity contribution >= 4 is 28.6 Å². The molecule has 0 bridgehead atoms. The van der Waals surface area contributed by atoms with Crippen molar-refractivity contribution < 1.29 is 23.8 Å². The van der Waals surface area contributed by atoms with Crippen molar-refractivity contribution in [3.05, 3.63) is 41.0 Å². The minimum absolute atomic E-state index is 0.0419. The summed E-state index contributed by atoms with van der Waals surface area (Å²) >= 11 is 1.08. The van der Waals surface area contributed by atoms with E-state index in [-0.39, 0.29) is 36.5 Å². The van der Waals surface area contributed by atoms with E-state index in [2.05, 4.69) is 15.6 Å². The van der Waals surface area contributed by atoms with Gasteiger partial charge < -0.3 is 20.1 Å². The molecule has 0 saturated heterocycles. The van der Waals surface area contributed by atoms with E-state index in [1.54, 1.807) is 12.1 Å². The number of carbonyl (C=O) groups excluding carboxylic acids is 2. The van der Waals surface area contributed by atoms with Gasteiger partial charge in [-0.05, 0) is 17.7 Å². The zero-order chi connectivity index (χ0) is 18.2. The fourth-order valence-corrected chi connectivity index (χ4v) is 2.35. The Morgan fingerprint density at radius 3 is 2.96 bits per heavy atom. The van der Waals surface area contributed by atoms with Gasteiger partial charge in [0.15, 0.2) is 5.13 Å². The number of benzene rings is 1. The molecule has 0 spiro atoms.